The number of alkyl carbamates (subject to hydrolysis) is 1. The predicted molar refractivity (Wildman–Crippen MR) is 160 cm³/mol. The van der Waals surface area contributed by atoms with Crippen LogP contribution in [0.4, 0.5) is 4.79 Å². The van der Waals surface area contributed by atoms with Crippen LogP contribution in [-0.2, 0) is 37.4 Å². The average Bonchev–Trinajstić information content (AvgIpc) is 2.99. The monoisotopic (exact) mass is 580 g/mol. The Morgan fingerprint density at radius 1 is 0.810 bits per heavy atom. The summed E-state index contributed by atoms with van der Waals surface area (Å²) in [6.45, 7) is 10.0. The number of ether oxygens (including phenoxy) is 1. The van der Waals surface area contributed by atoms with Gasteiger partial charge < -0.3 is 10.1 Å². The van der Waals surface area contributed by atoms with Crippen LogP contribution in [0.1, 0.15) is 89.7 Å². The quantitative estimate of drug-likeness (QED) is 0.247. The van der Waals surface area contributed by atoms with E-state index in [-0.39, 0.29) is 17.6 Å². The van der Waals surface area contributed by atoms with Gasteiger partial charge in [0.05, 0.1) is 0 Å². The molecule has 42 heavy (non-hydrogen) atoms. The molecule has 1 amide bonds. The van der Waals surface area contributed by atoms with Crippen molar-refractivity contribution in [1.29, 1.82) is 0 Å². The van der Waals surface area contributed by atoms with Crippen LogP contribution in [0.3, 0.4) is 0 Å². The topological polar surface area (TPSA) is 78.5 Å². The molecule has 2 saturated carbocycles. The first-order valence-corrected chi connectivity index (χ1v) is 15.7. The normalized spacial score (nSPS) is 28.2. The van der Waals surface area contributed by atoms with Gasteiger partial charge >= 0.3 is 6.09 Å². The number of carbonyl (C=O) groups is 1. The maximum absolute atomic E-state index is 12.5. The second-order valence-electron chi connectivity index (χ2n) is 13.4. The number of nitrogens with zero attached hydrogens (tertiary/aromatic N) is 1. The Balaban J connectivity index is 0.996. The molecule has 1 aliphatic heterocycles. The van der Waals surface area contributed by atoms with E-state index >= 15 is 0 Å². The summed E-state index contributed by atoms with van der Waals surface area (Å²) in [5.74, 6) is -1.10. The molecule has 2 spiro atoms. The molecule has 8 heteroatoms. The van der Waals surface area contributed by atoms with Crippen molar-refractivity contribution in [3.63, 3.8) is 0 Å². The molecular weight excluding hydrogens is 532 g/mol. The Morgan fingerprint density at radius 2 is 1.29 bits per heavy atom. The van der Waals surface area contributed by atoms with Crippen molar-refractivity contribution in [1.82, 2.24) is 10.2 Å². The molecule has 0 unspecified atom stereocenters. The Labute approximate surface area is 250 Å². The minimum atomic E-state index is -0.927. The van der Waals surface area contributed by atoms with E-state index in [1.54, 1.807) is 0 Å². The molecule has 2 aliphatic carbocycles. The summed E-state index contributed by atoms with van der Waals surface area (Å²) in [6, 6.07) is 21.0. The SMILES string of the molecule is CC(C)(C)C1CCC2(CC1)OOC1(CCC(OC(=O)NCCCN(Cc3ccccc3)Cc3ccccc3)CC1)OO2. The molecule has 1 saturated heterocycles. The van der Waals surface area contributed by atoms with Crippen molar-refractivity contribution in [2.45, 2.75) is 109 Å². The highest BCUT2D eigenvalue weighted by Gasteiger charge is 2.52. The zero-order valence-corrected chi connectivity index (χ0v) is 25.5. The van der Waals surface area contributed by atoms with Crippen LogP contribution in [0, 0.1) is 11.3 Å². The maximum atomic E-state index is 12.5. The number of rotatable bonds is 9. The van der Waals surface area contributed by atoms with E-state index in [1.165, 1.54) is 11.1 Å². The van der Waals surface area contributed by atoms with E-state index in [9.17, 15) is 4.79 Å². The van der Waals surface area contributed by atoms with Gasteiger partial charge in [-0.3, -0.25) is 4.90 Å². The molecule has 8 nitrogen and oxygen atoms in total. The lowest BCUT2D eigenvalue weighted by Crippen LogP contribution is -2.54. The summed E-state index contributed by atoms with van der Waals surface area (Å²) >= 11 is 0. The van der Waals surface area contributed by atoms with Gasteiger partial charge in [-0.05, 0) is 54.6 Å². The Morgan fingerprint density at radius 3 is 1.76 bits per heavy atom. The average molecular weight is 581 g/mol. The summed E-state index contributed by atoms with van der Waals surface area (Å²) in [5.41, 5.74) is 2.83. The van der Waals surface area contributed by atoms with Crippen molar-refractivity contribution < 1.29 is 29.1 Å². The van der Waals surface area contributed by atoms with Gasteiger partial charge in [-0.15, -0.1) is 0 Å². The number of nitrogens with one attached hydrogen (secondary N) is 1. The molecule has 230 valence electrons. The van der Waals surface area contributed by atoms with Crippen LogP contribution < -0.4 is 5.32 Å². The van der Waals surface area contributed by atoms with Gasteiger partial charge in [-0.1, -0.05) is 81.4 Å². The van der Waals surface area contributed by atoms with E-state index in [0.29, 0.717) is 38.1 Å². The summed E-state index contributed by atoms with van der Waals surface area (Å²) in [4.78, 5) is 38.4. The summed E-state index contributed by atoms with van der Waals surface area (Å²) in [5, 5.41) is 2.94. The van der Waals surface area contributed by atoms with Crippen molar-refractivity contribution in [2.24, 2.45) is 11.3 Å². The summed E-state index contributed by atoms with van der Waals surface area (Å²) in [7, 11) is 0. The van der Waals surface area contributed by atoms with Crippen molar-refractivity contribution in [3.8, 4) is 0 Å². The molecule has 0 aromatic heterocycles. The second-order valence-corrected chi connectivity index (χ2v) is 13.4. The van der Waals surface area contributed by atoms with Crippen molar-refractivity contribution >= 4 is 6.09 Å². The van der Waals surface area contributed by atoms with E-state index in [1.807, 2.05) is 12.1 Å². The van der Waals surface area contributed by atoms with E-state index in [4.69, 9.17) is 24.3 Å². The molecular formula is C34H48N2O6. The fraction of sp³-hybridized carbons (Fsp3) is 0.618. The first kappa shape index (κ1) is 31.0. The van der Waals surface area contributed by atoms with Gasteiger partial charge in [0.1, 0.15) is 6.10 Å². The highest BCUT2D eigenvalue weighted by atomic mass is 17.4. The minimum Gasteiger partial charge on any atom is -0.446 e. The van der Waals surface area contributed by atoms with E-state index < -0.39 is 11.6 Å². The molecule has 2 aromatic carbocycles. The zero-order valence-electron chi connectivity index (χ0n) is 25.5. The molecule has 5 rings (SSSR count). The molecule has 1 N–H and O–H groups in total. The van der Waals surface area contributed by atoms with Crippen LogP contribution >= 0.6 is 0 Å². The standard InChI is InChI=1S/C34H48N2O6/c1-32(2,3)29-15-19-33(20-16-29)39-41-34(42-40-33)21-17-30(18-22-34)38-31(37)35-23-10-24-36(25-27-11-6-4-7-12-27)26-28-13-8-5-9-14-28/h4-9,11-14,29-30H,10,15-26H2,1-3H3,(H,35,37). The lowest BCUT2D eigenvalue weighted by molar-refractivity contribution is -0.663. The third-order valence-corrected chi connectivity index (χ3v) is 9.05. The van der Waals surface area contributed by atoms with Crippen molar-refractivity contribution in [2.75, 3.05) is 13.1 Å². The third kappa shape index (κ3) is 8.54. The summed E-state index contributed by atoms with van der Waals surface area (Å²) < 4.78 is 5.72. The maximum Gasteiger partial charge on any atom is 0.407 e. The van der Waals surface area contributed by atoms with Crippen LogP contribution in [0.2, 0.25) is 0 Å². The molecule has 0 bridgehead atoms. The van der Waals surface area contributed by atoms with Crippen LogP contribution in [0.25, 0.3) is 0 Å². The number of amides is 1. The van der Waals surface area contributed by atoms with Crippen LogP contribution in [-0.4, -0.2) is 41.8 Å². The van der Waals surface area contributed by atoms with Gasteiger partial charge in [-0.2, -0.15) is 19.6 Å². The third-order valence-electron chi connectivity index (χ3n) is 9.05. The Hall–Kier alpha value is -2.49. The first-order valence-electron chi connectivity index (χ1n) is 15.7. The molecule has 3 aliphatic rings. The van der Waals surface area contributed by atoms with Gasteiger partial charge in [0.15, 0.2) is 0 Å². The fourth-order valence-corrected chi connectivity index (χ4v) is 6.32. The largest absolute Gasteiger partial charge is 0.446 e. The first-order chi connectivity index (χ1) is 20.2. The highest BCUT2D eigenvalue weighted by molar-refractivity contribution is 5.67. The molecule has 3 fully saturated rings. The van der Waals surface area contributed by atoms with E-state index in [2.05, 4.69) is 79.5 Å². The lowest BCUT2D eigenvalue weighted by atomic mass is 9.71. The second kappa shape index (κ2) is 13.9. The Kier molecular flexibility index (Phi) is 10.2. The number of hydrogen-bond donors (Lipinski definition) is 1. The zero-order chi connectivity index (χ0) is 29.5. The van der Waals surface area contributed by atoms with Gasteiger partial charge in [0.25, 0.3) is 0 Å². The molecule has 0 atom stereocenters. The predicted octanol–water partition coefficient (Wildman–Crippen LogP) is 7.29. The highest BCUT2D eigenvalue weighted by Crippen LogP contribution is 2.48. The van der Waals surface area contributed by atoms with Gasteiger partial charge in [-0.25, -0.2) is 4.79 Å². The summed E-state index contributed by atoms with van der Waals surface area (Å²) in [6.07, 6.45) is 6.16. The number of benzene rings is 2. The molecule has 0 radical (unpaired) electrons. The lowest BCUT2D eigenvalue weighted by Gasteiger charge is -2.48. The van der Waals surface area contributed by atoms with Crippen LogP contribution in [0.5, 0.6) is 0 Å². The van der Waals surface area contributed by atoms with E-state index in [0.717, 1.165) is 51.7 Å². The number of hydrogen-bond acceptors (Lipinski definition) is 7. The molecule has 2 aromatic rings. The van der Waals surface area contributed by atoms with Crippen LogP contribution in [0.15, 0.2) is 60.7 Å². The van der Waals surface area contributed by atoms with Crippen molar-refractivity contribution in [3.05, 3.63) is 71.8 Å². The minimum absolute atomic E-state index is 0.186. The van der Waals surface area contributed by atoms with Gasteiger partial charge in [0.2, 0.25) is 11.6 Å². The Bertz CT molecular complexity index is 1050. The fourth-order valence-electron chi connectivity index (χ4n) is 6.32. The smallest absolute Gasteiger partial charge is 0.407 e. The number of carbonyl (C=O) groups excluding carboxylic acids is 1. The van der Waals surface area contributed by atoms with Gasteiger partial charge in [0, 0.05) is 51.9 Å². The molecule has 1 heterocycles.